The van der Waals surface area contributed by atoms with Crippen LogP contribution in [0, 0.1) is 0 Å². The van der Waals surface area contributed by atoms with Crippen LogP contribution in [0.25, 0.3) is 0 Å². The summed E-state index contributed by atoms with van der Waals surface area (Å²) in [6.45, 7) is 1.32. The highest BCUT2D eigenvalue weighted by molar-refractivity contribution is 5.45. The molecule has 9 heteroatoms. The molecule has 0 radical (unpaired) electrons. The summed E-state index contributed by atoms with van der Waals surface area (Å²) in [6, 6.07) is 0. The van der Waals surface area contributed by atoms with E-state index in [4.69, 9.17) is 25.7 Å². The molecule has 0 aromatic rings. The molecule has 0 saturated heterocycles. The van der Waals surface area contributed by atoms with Crippen LogP contribution >= 0.6 is 0 Å². The summed E-state index contributed by atoms with van der Waals surface area (Å²) in [4.78, 5) is 16.2. The Morgan fingerprint density at radius 3 is 2.00 bits per heavy atom. The molecule has 0 aromatic carbocycles. The van der Waals surface area contributed by atoms with Crippen LogP contribution in [0.5, 0.6) is 0 Å². The molecule has 0 atom stereocenters. The quantitative estimate of drug-likeness (QED) is 0.145. The Morgan fingerprint density at radius 2 is 1.62 bits per heavy atom. The van der Waals surface area contributed by atoms with Crippen molar-refractivity contribution in [2.24, 2.45) is 5.73 Å². The zero-order valence-electron chi connectivity index (χ0n) is 9.42. The summed E-state index contributed by atoms with van der Waals surface area (Å²) in [7, 11) is 2.36. The molecule has 9 nitrogen and oxygen atoms in total. The maximum Gasteiger partial charge on any atom is 0.208 e. The predicted molar refractivity (Wildman–Crippen MR) is 54.3 cm³/mol. The molecule has 16 heavy (non-hydrogen) atoms. The fraction of sp³-hybridized carbons (Fsp3) is 0.857. The molecule has 1 amide bonds. The SMILES string of the molecule is COO.COO.NCOCCOCNC=O. The maximum absolute atomic E-state index is 9.65. The number of carbonyl (C=O) groups is 1. The minimum Gasteiger partial charge on any atom is -0.364 e. The van der Waals surface area contributed by atoms with Gasteiger partial charge in [-0.2, -0.15) is 0 Å². The molecule has 5 N–H and O–H groups in total. The van der Waals surface area contributed by atoms with Gasteiger partial charge in [0.05, 0.1) is 34.2 Å². The van der Waals surface area contributed by atoms with Gasteiger partial charge in [-0.1, -0.05) is 0 Å². The van der Waals surface area contributed by atoms with Gasteiger partial charge >= 0.3 is 0 Å². The average Bonchev–Trinajstić information content (AvgIpc) is 2.26. The number of ether oxygens (including phenoxy) is 2. The molecule has 0 spiro atoms. The molecule has 0 heterocycles. The molecule has 0 fully saturated rings. The molecular weight excluding hydrogens is 224 g/mol. The summed E-state index contributed by atoms with van der Waals surface area (Å²) in [5, 5.41) is 16.5. The van der Waals surface area contributed by atoms with Gasteiger partial charge in [-0.15, -0.1) is 0 Å². The van der Waals surface area contributed by atoms with E-state index in [9.17, 15) is 4.79 Å². The van der Waals surface area contributed by atoms with Crippen LogP contribution in [0.4, 0.5) is 0 Å². The van der Waals surface area contributed by atoms with Gasteiger partial charge < -0.3 is 20.5 Å². The van der Waals surface area contributed by atoms with Crippen LogP contribution in [0.15, 0.2) is 0 Å². The van der Waals surface area contributed by atoms with E-state index in [2.05, 4.69) is 15.1 Å². The number of nitrogens with two attached hydrogens (primary N) is 1. The van der Waals surface area contributed by atoms with Crippen LogP contribution in [0.1, 0.15) is 0 Å². The summed E-state index contributed by atoms with van der Waals surface area (Å²) in [6.07, 6.45) is 0.573. The lowest BCUT2D eigenvalue weighted by Gasteiger charge is -2.01. The van der Waals surface area contributed by atoms with E-state index in [1.54, 1.807) is 0 Å². The topological polar surface area (TPSA) is 132 Å². The number of hydrogen-bond acceptors (Lipinski definition) is 8. The van der Waals surface area contributed by atoms with Gasteiger partial charge in [0.15, 0.2) is 0 Å². The van der Waals surface area contributed by atoms with E-state index in [1.807, 2.05) is 0 Å². The van der Waals surface area contributed by atoms with E-state index >= 15 is 0 Å². The Labute approximate surface area is 93.9 Å². The second-order valence-corrected chi connectivity index (χ2v) is 1.81. The molecular formula is C7H20N2O7. The predicted octanol–water partition coefficient (Wildman–Crippen LogP) is -1.15. The lowest BCUT2D eigenvalue weighted by atomic mass is 10.8. The monoisotopic (exact) mass is 244 g/mol. The maximum atomic E-state index is 9.65. The molecule has 0 aliphatic heterocycles. The Balaban J connectivity index is -0.000000235. The Kier molecular flexibility index (Phi) is 37.6. The highest BCUT2D eigenvalue weighted by atomic mass is 17.1. The van der Waals surface area contributed by atoms with Crippen molar-refractivity contribution in [2.45, 2.75) is 0 Å². The molecule has 0 aliphatic carbocycles. The van der Waals surface area contributed by atoms with Gasteiger partial charge in [-0.05, 0) is 0 Å². The van der Waals surface area contributed by atoms with E-state index in [1.165, 1.54) is 14.2 Å². The lowest BCUT2D eigenvalue weighted by Crippen LogP contribution is -2.18. The molecule has 0 aliphatic rings. The van der Waals surface area contributed by atoms with Crippen molar-refractivity contribution < 1.29 is 34.6 Å². The minimum atomic E-state index is 0.199. The van der Waals surface area contributed by atoms with E-state index in [0.717, 1.165) is 0 Å². The molecule has 0 rings (SSSR count). The molecule has 100 valence electrons. The first kappa shape index (κ1) is 20.6. The first-order chi connectivity index (χ1) is 7.74. The summed E-state index contributed by atoms with van der Waals surface area (Å²) < 4.78 is 9.60. The van der Waals surface area contributed by atoms with Crippen molar-refractivity contribution in [2.75, 3.05) is 40.9 Å². The Hall–Kier alpha value is -0.810. The van der Waals surface area contributed by atoms with E-state index in [-0.39, 0.29) is 13.5 Å². The molecule has 0 unspecified atom stereocenters. The smallest absolute Gasteiger partial charge is 0.208 e. The standard InChI is InChI=1S/C5H12N2O3.2CH4O2/c6-3-9-1-2-10-5-7-4-8;2*1-3-2/h4H,1-3,5-6H2,(H,7,8);2*2H,1H3. The third-order valence-corrected chi connectivity index (χ3v) is 0.759. The van der Waals surface area contributed by atoms with Gasteiger partial charge in [0.25, 0.3) is 0 Å². The van der Waals surface area contributed by atoms with Crippen molar-refractivity contribution in [3.8, 4) is 0 Å². The number of hydrogen-bond donors (Lipinski definition) is 4. The van der Waals surface area contributed by atoms with Crippen LogP contribution in [0.3, 0.4) is 0 Å². The van der Waals surface area contributed by atoms with Gasteiger partial charge in [-0.3, -0.25) is 15.3 Å². The Morgan fingerprint density at radius 1 is 1.19 bits per heavy atom. The Bertz CT molecular complexity index is 105. The van der Waals surface area contributed by atoms with Crippen LogP contribution in [0.2, 0.25) is 0 Å². The molecule has 0 saturated carbocycles. The number of carbonyl (C=O) groups excluding carboxylic acids is 1. The average molecular weight is 244 g/mol. The van der Waals surface area contributed by atoms with Crippen molar-refractivity contribution in [3.63, 3.8) is 0 Å². The van der Waals surface area contributed by atoms with Crippen LogP contribution in [-0.4, -0.2) is 57.8 Å². The van der Waals surface area contributed by atoms with Gasteiger partial charge in [0.1, 0.15) is 6.73 Å². The first-order valence-corrected chi connectivity index (χ1v) is 4.12. The van der Waals surface area contributed by atoms with Crippen molar-refractivity contribution >= 4 is 6.41 Å². The molecule has 0 bridgehead atoms. The lowest BCUT2D eigenvalue weighted by molar-refractivity contribution is -0.215. The zero-order valence-corrected chi connectivity index (χ0v) is 9.42. The van der Waals surface area contributed by atoms with Crippen LogP contribution in [-0.2, 0) is 24.0 Å². The van der Waals surface area contributed by atoms with Crippen LogP contribution < -0.4 is 11.1 Å². The highest BCUT2D eigenvalue weighted by Gasteiger charge is 1.84. The van der Waals surface area contributed by atoms with E-state index < -0.39 is 0 Å². The largest absolute Gasteiger partial charge is 0.364 e. The first-order valence-electron chi connectivity index (χ1n) is 4.12. The second kappa shape index (κ2) is 29.2. The van der Waals surface area contributed by atoms with Gasteiger partial charge in [0, 0.05) is 0 Å². The fourth-order valence-corrected chi connectivity index (χ4v) is 0.366. The molecule has 0 aromatic heterocycles. The van der Waals surface area contributed by atoms with Crippen molar-refractivity contribution in [1.29, 1.82) is 0 Å². The van der Waals surface area contributed by atoms with E-state index in [0.29, 0.717) is 19.6 Å². The van der Waals surface area contributed by atoms with Crippen molar-refractivity contribution in [1.82, 2.24) is 5.32 Å². The zero-order chi connectivity index (χ0) is 13.1. The van der Waals surface area contributed by atoms with Crippen molar-refractivity contribution in [3.05, 3.63) is 0 Å². The second-order valence-electron chi connectivity index (χ2n) is 1.81. The third kappa shape index (κ3) is 51.2. The normalized spacial score (nSPS) is 8.06. The summed E-state index contributed by atoms with van der Waals surface area (Å²) in [5.74, 6) is 0. The number of nitrogens with one attached hydrogen (secondary N) is 1. The third-order valence-electron chi connectivity index (χ3n) is 0.759. The number of amides is 1. The summed E-state index contributed by atoms with van der Waals surface area (Å²) in [5.41, 5.74) is 5.02. The minimum absolute atomic E-state index is 0.199. The summed E-state index contributed by atoms with van der Waals surface area (Å²) >= 11 is 0. The highest BCUT2D eigenvalue weighted by Crippen LogP contribution is 1.72. The van der Waals surface area contributed by atoms with Gasteiger partial charge in [0.2, 0.25) is 6.41 Å². The number of rotatable bonds is 7. The van der Waals surface area contributed by atoms with Gasteiger partial charge in [-0.25, -0.2) is 9.78 Å². The fourth-order valence-electron chi connectivity index (χ4n) is 0.366.